The third-order valence-corrected chi connectivity index (χ3v) is 6.16. The predicted molar refractivity (Wildman–Crippen MR) is 99.8 cm³/mol. The molecule has 1 aromatic carbocycles. The molecule has 1 saturated carbocycles. The average Bonchev–Trinajstić information content (AvgIpc) is 3.32. The first-order valence-electron chi connectivity index (χ1n) is 8.93. The van der Waals surface area contributed by atoms with Crippen LogP contribution in [0.3, 0.4) is 0 Å². The van der Waals surface area contributed by atoms with E-state index in [-0.39, 0.29) is 23.3 Å². The van der Waals surface area contributed by atoms with Gasteiger partial charge in [-0.05, 0) is 30.5 Å². The van der Waals surface area contributed by atoms with E-state index in [0.717, 1.165) is 31.2 Å². The molecular formula is C19H24N2O4S. The number of benzene rings is 1. The Morgan fingerprint density at radius 3 is 2.46 bits per heavy atom. The summed E-state index contributed by atoms with van der Waals surface area (Å²) in [4.78, 5) is 39.9. The number of carbonyl (C=O) groups is 3. The number of amides is 2. The van der Waals surface area contributed by atoms with Gasteiger partial charge in [0.2, 0.25) is 11.8 Å². The Kier molecular flexibility index (Phi) is 5.86. The number of nitrogens with zero attached hydrogens (tertiary/aromatic N) is 2. The molecule has 0 aromatic heterocycles. The molecule has 1 saturated heterocycles. The lowest BCUT2D eigenvalue weighted by atomic mass is 10.1. The lowest BCUT2D eigenvalue weighted by Gasteiger charge is -2.29. The normalized spacial score (nSPS) is 20.3. The number of carbonyl (C=O) groups excluding carboxylic acids is 2. The van der Waals surface area contributed by atoms with E-state index < -0.39 is 12.0 Å². The van der Waals surface area contributed by atoms with Crippen molar-refractivity contribution in [1.82, 2.24) is 9.80 Å². The van der Waals surface area contributed by atoms with Crippen LogP contribution in [0, 0.1) is 5.92 Å². The Morgan fingerprint density at radius 1 is 1.19 bits per heavy atom. The molecule has 1 aliphatic heterocycles. The van der Waals surface area contributed by atoms with Crippen LogP contribution in [0.2, 0.25) is 0 Å². The predicted octanol–water partition coefficient (Wildman–Crippen LogP) is 2.43. The topological polar surface area (TPSA) is 77.9 Å². The van der Waals surface area contributed by atoms with Gasteiger partial charge in [-0.25, -0.2) is 4.79 Å². The molecule has 140 valence electrons. The van der Waals surface area contributed by atoms with E-state index in [9.17, 15) is 14.4 Å². The zero-order valence-electron chi connectivity index (χ0n) is 14.9. The van der Waals surface area contributed by atoms with Crippen molar-refractivity contribution in [3.63, 3.8) is 0 Å². The van der Waals surface area contributed by atoms with Crippen LogP contribution < -0.4 is 0 Å². The summed E-state index contributed by atoms with van der Waals surface area (Å²) in [6.45, 7) is 0.394. The highest BCUT2D eigenvalue weighted by molar-refractivity contribution is 7.99. The highest BCUT2D eigenvalue weighted by Gasteiger charge is 2.39. The molecule has 0 bridgehead atoms. The molecule has 1 atom stereocenters. The van der Waals surface area contributed by atoms with Crippen LogP contribution in [0.5, 0.6) is 0 Å². The van der Waals surface area contributed by atoms with Crippen molar-refractivity contribution < 1.29 is 19.5 Å². The summed E-state index contributed by atoms with van der Waals surface area (Å²) in [5.41, 5.74) is 1.09. The van der Waals surface area contributed by atoms with E-state index in [1.54, 1.807) is 40.7 Å². The number of carboxylic acid groups (broad SMARTS) is 1. The summed E-state index contributed by atoms with van der Waals surface area (Å²) in [6.07, 6.45) is 4.07. The SMILES string of the molecule is CN(Cc1ccc(C(=O)O)cc1)C(=O)C1CSCN1C(=O)C1CCCC1. The molecule has 6 nitrogen and oxygen atoms in total. The van der Waals surface area contributed by atoms with Gasteiger partial charge in [-0.15, -0.1) is 11.8 Å². The van der Waals surface area contributed by atoms with Crippen molar-refractivity contribution in [2.75, 3.05) is 18.7 Å². The Bertz CT molecular complexity index is 685. The highest BCUT2D eigenvalue weighted by atomic mass is 32.2. The number of rotatable bonds is 5. The van der Waals surface area contributed by atoms with Crippen LogP contribution in [-0.2, 0) is 16.1 Å². The second kappa shape index (κ2) is 8.12. The monoisotopic (exact) mass is 376 g/mol. The van der Waals surface area contributed by atoms with Gasteiger partial charge < -0.3 is 14.9 Å². The molecule has 2 amide bonds. The second-order valence-corrected chi connectivity index (χ2v) is 8.00. The third kappa shape index (κ3) is 4.03. The number of hydrogen-bond acceptors (Lipinski definition) is 4. The van der Waals surface area contributed by atoms with Gasteiger partial charge in [-0.2, -0.15) is 0 Å². The molecule has 0 spiro atoms. The van der Waals surface area contributed by atoms with Crippen molar-refractivity contribution in [3.8, 4) is 0 Å². The van der Waals surface area contributed by atoms with Crippen molar-refractivity contribution in [2.24, 2.45) is 5.92 Å². The molecular weight excluding hydrogens is 352 g/mol. The van der Waals surface area contributed by atoms with Crippen LogP contribution in [-0.4, -0.2) is 57.4 Å². The Hall–Kier alpha value is -2.02. The largest absolute Gasteiger partial charge is 0.478 e. The molecule has 3 rings (SSSR count). The van der Waals surface area contributed by atoms with Gasteiger partial charge in [0.05, 0.1) is 11.4 Å². The molecule has 2 fully saturated rings. The molecule has 1 aliphatic carbocycles. The van der Waals surface area contributed by atoms with E-state index in [1.807, 2.05) is 0 Å². The quantitative estimate of drug-likeness (QED) is 0.854. The van der Waals surface area contributed by atoms with Crippen molar-refractivity contribution in [1.29, 1.82) is 0 Å². The lowest BCUT2D eigenvalue weighted by Crippen LogP contribution is -2.49. The van der Waals surface area contributed by atoms with Gasteiger partial charge in [0, 0.05) is 25.3 Å². The van der Waals surface area contributed by atoms with Gasteiger partial charge in [-0.1, -0.05) is 25.0 Å². The fraction of sp³-hybridized carbons (Fsp3) is 0.526. The molecule has 1 N–H and O–H groups in total. The minimum atomic E-state index is -0.968. The summed E-state index contributed by atoms with van der Waals surface area (Å²) in [5, 5.41) is 8.96. The fourth-order valence-electron chi connectivity index (χ4n) is 3.63. The molecule has 7 heteroatoms. The first-order valence-corrected chi connectivity index (χ1v) is 10.1. The van der Waals surface area contributed by atoms with Gasteiger partial charge >= 0.3 is 5.97 Å². The van der Waals surface area contributed by atoms with Crippen LogP contribution >= 0.6 is 11.8 Å². The molecule has 0 radical (unpaired) electrons. The standard InChI is InChI=1S/C19H24N2O4S/c1-20(10-13-6-8-15(9-7-13)19(24)25)18(23)16-11-26-12-21(16)17(22)14-4-2-3-5-14/h6-9,14,16H,2-5,10-12H2,1H3,(H,24,25). The first-order chi connectivity index (χ1) is 12.5. The van der Waals surface area contributed by atoms with E-state index in [2.05, 4.69) is 0 Å². The summed E-state index contributed by atoms with van der Waals surface area (Å²) in [6, 6.07) is 6.13. The molecule has 1 aromatic rings. The van der Waals surface area contributed by atoms with E-state index in [0.29, 0.717) is 18.2 Å². The van der Waals surface area contributed by atoms with Crippen LogP contribution in [0.4, 0.5) is 0 Å². The Balaban J connectivity index is 1.63. The first kappa shape index (κ1) is 18.8. The van der Waals surface area contributed by atoms with Gasteiger partial charge in [0.25, 0.3) is 0 Å². The Morgan fingerprint density at radius 2 is 1.85 bits per heavy atom. The summed E-state index contributed by atoms with van der Waals surface area (Å²) in [7, 11) is 1.73. The Labute approximate surface area is 157 Å². The number of hydrogen-bond donors (Lipinski definition) is 1. The second-order valence-electron chi connectivity index (χ2n) is 7.00. The molecule has 26 heavy (non-hydrogen) atoms. The number of aromatic carboxylic acids is 1. The average molecular weight is 376 g/mol. The minimum Gasteiger partial charge on any atom is -0.478 e. The summed E-state index contributed by atoms with van der Waals surface area (Å²) in [5.74, 6) is 0.420. The summed E-state index contributed by atoms with van der Waals surface area (Å²) >= 11 is 1.63. The summed E-state index contributed by atoms with van der Waals surface area (Å²) < 4.78 is 0. The number of thioether (sulfide) groups is 1. The van der Waals surface area contributed by atoms with Crippen LogP contribution in [0.25, 0.3) is 0 Å². The van der Waals surface area contributed by atoms with Crippen molar-refractivity contribution in [3.05, 3.63) is 35.4 Å². The van der Waals surface area contributed by atoms with Crippen molar-refractivity contribution in [2.45, 2.75) is 38.3 Å². The number of likely N-dealkylation sites (N-methyl/N-ethyl adjacent to an activating group) is 1. The lowest BCUT2D eigenvalue weighted by molar-refractivity contribution is -0.145. The van der Waals surface area contributed by atoms with Gasteiger partial charge in [0.1, 0.15) is 6.04 Å². The van der Waals surface area contributed by atoms with E-state index in [4.69, 9.17) is 5.11 Å². The van der Waals surface area contributed by atoms with E-state index in [1.165, 1.54) is 12.1 Å². The maximum Gasteiger partial charge on any atom is 0.335 e. The van der Waals surface area contributed by atoms with Gasteiger partial charge in [-0.3, -0.25) is 9.59 Å². The zero-order valence-corrected chi connectivity index (χ0v) is 15.7. The number of carboxylic acids is 1. The zero-order chi connectivity index (χ0) is 18.7. The highest BCUT2D eigenvalue weighted by Crippen LogP contribution is 2.31. The molecule has 1 unspecified atom stereocenters. The van der Waals surface area contributed by atoms with Crippen LogP contribution in [0.15, 0.2) is 24.3 Å². The maximum absolute atomic E-state index is 12.9. The molecule has 1 heterocycles. The van der Waals surface area contributed by atoms with Crippen molar-refractivity contribution >= 4 is 29.5 Å². The van der Waals surface area contributed by atoms with E-state index >= 15 is 0 Å². The molecule has 2 aliphatic rings. The fourth-order valence-corrected chi connectivity index (χ4v) is 4.79. The minimum absolute atomic E-state index is 0.0522. The van der Waals surface area contributed by atoms with Gasteiger partial charge in [0.15, 0.2) is 0 Å². The third-order valence-electron chi connectivity index (χ3n) is 5.15. The smallest absolute Gasteiger partial charge is 0.335 e. The maximum atomic E-state index is 12.9. The van der Waals surface area contributed by atoms with Crippen LogP contribution in [0.1, 0.15) is 41.6 Å².